The molecule has 1 N–H and O–H groups in total. The number of morpholine rings is 1. The molecule has 0 radical (unpaired) electrons. The van der Waals surface area contributed by atoms with E-state index >= 15 is 0 Å². The van der Waals surface area contributed by atoms with Crippen molar-refractivity contribution in [3.8, 4) is 6.07 Å². The van der Waals surface area contributed by atoms with Crippen molar-refractivity contribution >= 4 is 5.91 Å². The van der Waals surface area contributed by atoms with Gasteiger partial charge in [0.05, 0.1) is 31.7 Å². The molecule has 5 nitrogen and oxygen atoms in total. The molecule has 0 spiro atoms. The molecule has 2 atom stereocenters. The van der Waals surface area contributed by atoms with Crippen LogP contribution < -0.4 is 5.32 Å². The van der Waals surface area contributed by atoms with Crippen LogP contribution in [0.3, 0.4) is 0 Å². The lowest BCUT2D eigenvalue weighted by molar-refractivity contribution is -0.125. The first-order valence-electron chi connectivity index (χ1n) is 5.62. The first-order valence-corrected chi connectivity index (χ1v) is 5.62. The summed E-state index contributed by atoms with van der Waals surface area (Å²) < 4.78 is 5.48. The molecule has 16 heavy (non-hydrogen) atoms. The van der Waals surface area contributed by atoms with Crippen LogP contribution in [0.1, 0.15) is 20.3 Å². The number of ether oxygens (including phenoxy) is 1. The second-order valence-corrected chi connectivity index (χ2v) is 4.18. The lowest BCUT2D eigenvalue weighted by atomic mass is 10.2. The first kappa shape index (κ1) is 12.9. The number of nitriles is 1. The molecular weight excluding hydrogens is 206 g/mol. The Morgan fingerprint density at radius 1 is 1.62 bits per heavy atom. The Kier molecular flexibility index (Phi) is 5.23. The predicted molar refractivity (Wildman–Crippen MR) is 59.7 cm³/mol. The zero-order valence-electron chi connectivity index (χ0n) is 9.90. The van der Waals surface area contributed by atoms with Gasteiger partial charge in [0.25, 0.3) is 0 Å². The van der Waals surface area contributed by atoms with Gasteiger partial charge in [0.2, 0.25) is 5.91 Å². The molecule has 90 valence electrons. The summed E-state index contributed by atoms with van der Waals surface area (Å²) in [6.45, 7) is 6.34. The Bertz CT molecular complexity index is 275. The summed E-state index contributed by atoms with van der Waals surface area (Å²) in [5.41, 5.74) is 0. The van der Waals surface area contributed by atoms with Gasteiger partial charge in [0.15, 0.2) is 0 Å². The van der Waals surface area contributed by atoms with E-state index in [4.69, 9.17) is 10.00 Å². The van der Waals surface area contributed by atoms with Gasteiger partial charge in [-0.05, 0) is 13.8 Å². The molecule has 1 saturated heterocycles. The maximum atomic E-state index is 11.5. The van der Waals surface area contributed by atoms with Crippen molar-refractivity contribution in [2.75, 3.05) is 26.2 Å². The molecule has 1 amide bonds. The van der Waals surface area contributed by atoms with Crippen molar-refractivity contribution in [1.29, 1.82) is 5.26 Å². The average molecular weight is 225 g/mol. The zero-order valence-corrected chi connectivity index (χ0v) is 9.90. The summed E-state index contributed by atoms with van der Waals surface area (Å²) in [4.78, 5) is 13.6. The number of carbonyl (C=O) groups excluding carboxylic acids is 1. The third kappa shape index (κ3) is 4.17. The fraction of sp³-hybridized carbons (Fsp3) is 0.818. The van der Waals surface area contributed by atoms with Gasteiger partial charge in [-0.25, -0.2) is 0 Å². The third-order valence-corrected chi connectivity index (χ3v) is 2.64. The van der Waals surface area contributed by atoms with E-state index in [2.05, 4.69) is 17.1 Å². The highest BCUT2D eigenvalue weighted by atomic mass is 16.5. The highest BCUT2D eigenvalue weighted by molar-refractivity contribution is 5.78. The fourth-order valence-electron chi connectivity index (χ4n) is 1.69. The maximum absolute atomic E-state index is 11.5. The molecule has 1 aliphatic heterocycles. The van der Waals surface area contributed by atoms with Crippen LogP contribution >= 0.6 is 0 Å². The number of hydrogen-bond donors (Lipinski definition) is 1. The smallest absolute Gasteiger partial charge is 0.234 e. The molecule has 1 rings (SSSR count). The molecule has 1 heterocycles. The lowest BCUT2D eigenvalue weighted by Crippen LogP contribution is -2.51. The van der Waals surface area contributed by atoms with Crippen LogP contribution in [-0.2, 0) is 9.53 Å². The van der Waals surface area contributed by atoms with E-state index in [-0.39, 0.29) is 18.1 Å². The van der Waals surface area contributed by atoms with Crippen LogP contribution in [0.4, 0.5) is 0 Å². The summed E-state index contributed by atoms with van der Waals surface area (Å²) in [5.74, 6) is -0.0174. The summed E-state index contributed by atoms with van der Waals surface area (Å²) in [7, 11) is 0. The molecule has 0 aromatic heterocycles. The topological polar surface area (TPSA) is 65.4 Å². The number of nitrogens with one attached hydrogen (secondary N) is 1. The van der Waals surface area contributed by atoms with Crippen LogP contribution in [-0.4, -0.2) is 49.2 Å². The van der Waals surface area contributed by atoms with Crippen LogP contribution in [0.2, 0.25) is 0 Å². The number of rotatable bonds is 4. The minimum absolute atomic E-state index is 0.0174. The standard InChI is InChI=1S/C11H19N3O2/c1-9-8-16-10(2)6-14(9)7-11(15)13-5-3-4-12/h9-10H,3,5-8H2,1-2H3,(H,13,15)/t9-,10-/m0/s1. The van der Waals surface area contributed by atoms with Crippen molar-refractivity contribution < 1.29 is 9.53 Å². The second kappa shape index (κ2) is 6.46. The van der Waals surface area contributed by atoms with Crippen molar-refractivity contribution in [3.63, 3.8) is 0 Å². The Hall–Kier alpha value is -1.12. The summed E-state index contributed by atoms with van der Waals surface area (Å²) >= 11 is 0. The Balaban J connectivity index is 2.29. The van der Waals surface area contributed by atoms with Crippen molar-refractivity contribution in [2.24, 2.45) is 0 Å². The number of hydrogen-bond acceptors (Lipinski definition) is 4. The van der Waals surface area contributed by atoms with Gasteiger partial charge in [-0.2, -0.15) is 5.26 Å². The molecule has 0 aromatic carbocycles. The maximum Gasteiger partial charge on any atom is 0.234 e. The zero-order chi connectivity index (χ0) is 12.0. The minimum Gasteiger partial charge on any atom is -0.376 e. The van der Waals surface area contributed by atoms with Crippen LogP contribution in [0.15, 0.2) is 0 Å². The molecule has 0 aliphatic carbocycles. The molecule has 0 saturated carbocycles. The number of nitrogens with zero attached hydrogens (tertiary/aromatic N) is 2. The molecule has 5 heteroatoms. The summed E-state index contributed by atoms with van der Waals surface area (Å²) in [5, 5.41) is 11.1. The molecule has 0 bridgehead atoms. The van der Waals surface area contributed by atoms with Crippen molar-refractivity contribution in [1.82, 2.24) is 10.2 Å². The van der Waals surface area contributed by atoms with Gasteiger partial charge in [-0.15, -0.1) is 0 Å². The quantitative estimate of drug-likeness (QED) is 0.690. The van der Waals surface area contributed by atoms with Gasteiger partial charge in [0, 0.05) is 19.1 Å². The number of carbonyl (C=O) groups is 1. The van der Waals surface area contributed by atoms with Crippen molar-refractivity contribution in [2.45, 2.75) is 32.4 Å². The molecule has 0 aromatic rings. The first-order chi connectivity index (χ1) is 7.63. The average Bonchev–Trinajstić information content (AvgIpc) is 2.24. The Morgan fingerprint density at radius 3 is 3.06 bits per heavy atom. The van der Waals surface area contributed by atoms with Gasteiger partial charge < -0.3 is 10.1 Å². The van der Waals surface area contributed by atoms with E-state index < -0.39 is 0 Å². The minimum atomic E-state index is -0.0174. The van der Waals surface area contributed by atoms with Crippen LogP contribution in [0.5, 0.6) is 0 Å². The van der Waals surface area contributed by atoms with E-state index in [9.17, 15) is 4.79 Å². The van der Waals surface area contributed by atoms with Gasteiger partial charge in [-0.3, -0.25) is 9.69 Å². The van der Waals surface area contributed by atoms with E-state index in [1.165, 1.54) is 0 Å². The highest BCUT2D eigenvalue weighted by Crippen LogP contribution is 2.10. The molecule has 1 fully saturated rings. The Morgan fingerprint density at radius 2 is 2.38 bits per heavy atom. The van der Waals surface area contributed by atoms with E-state index in [0.29, 0.717) is 26.1 Å². The van der Waals surface area contributed by atoms with E-state index in [1.807, 2.05) is 13.0 Å². The van der Waals surface area contributed by atoms with Crippen LogP contribution in [0, 0.1) is 11.3 Å². The highest BCUT2D eigenvalue weighted by Gasteiger charge is 2.24. The molecule has 0 unspecified atom stereocenters. The summed E-state index contributed by atoms with van der Waals surface area (Å²) in [6, 6.07) is 2.27. The van der Waals surface area contributed by atoms with E-state index in [1.54, 1.807) is 0 Å². The fourth-order valence-corrected chi connectivity index (χ4v) is 1.69. The van der Waals surface area contributed by atoms with Crippen LogP contribution in [0.25, 0.3) is 0 Å². The second-order valence-electron chi connectivity index (χ2n) is 4.18. The lowest BCUT2D eigenvalue weighted by Gasteiger charge is -2.36. The largest absolute Gasteiger partial charge is 0.376 e. The number of amides is 1. The normalized spacial score (nSPS) is 26.1. The van der Waals surface area contributed by atoms with Crippen molar-refractivity contribution in [3.05, 3.63) is 0 Å². The van der Waals surface area contributed by atoms with Gasteiger partial charge in [0.1, 0.15) is 0 Å². The molecule has 1 aliphatic rings. The Labute approximate surface area is 96.4 Å². The van der Waals surface area contributed by atoms with E-state index in [0.717, 1.165) is 6.54 Å². The predicted octanol–water partition coefficient (Wildman–Crippen LogP) is 0.125. The monoisotopic (exact) mass is 225 g/mol. The van der Waals surface area contributed by atoms with Gasteiger partial charge in [-0.1, -0.05) is 0 Å². The summed E-state index contributed by atoms with van der Waals surface area (Å²) in [6.07, 6.45) is 0.545. The third-order valence-electron chi connectivity index (χ3n) is 2.64. The SMILES string of the molecule is C[C@H]1CN(CC(=O)NCCC#N)[C@@H](C)CO1. The molecular formula is C11H19N3O2. The van der Waals surface area contributed by atoms with Gasteiger partial charge >= 0.3 is 0 Å².